The zero-order valence-corrected chi connectivity index (χ0v) is 18.8. The fourth-order valence-electron chi connectivity index (χ4n) is 4.02. The van der Waals surface area contributed by atoms with Gasteiger partial charge in [0.25, 0.3) is 0 Å². The fourth-order valence-corrected chi connectivity index (χ4v) is 4.02. The summed E-state index contributed by atoms with van der Waals surface area (Å²) in [5.74, 6) is -1.37. The van der Waals surface area contributed by atoms with E-state index in [0.29, 0.717) is 24.0 Å². The number of alkyl halides is 4. The first kappa shape index (κ1) is 24.2. The molecule has 182 valence electrons. The van der Waals surface area contributed by atoms with Gasteiger partial charge in [-0.2, -0.15) is 18.4 Å². The predicted molar refractivity (Wildman–Crippen MR) is 114 cm³/mol. The minimum Gasteiger partial charge on any atom is -0.451 e. The van der Waals surface area contributed by atoms with E-state index in [9.17, 15) is 32.4 Å². The van der Waals surface area contributed by atoms with Gasteiger partial charge in [-0.25, -0.2) is 9.18 Å². The van der Waals surface area contributed by atoms with E-state index in [0.717, 1.165) is 12.8 Å². The maximum atomic E-state index is 14.4. The Bertz CT molecular complexity index is 1060. The lowest BCUT2D eigenvalue weighted by Crippen LogP contribution is -2.53. The lowest BCUT2D eigenvalue weighted by Gasteiger charge is -2.30. The van der Waals surface area contributed by atoms with Crippen molar-refractivity contribution in [2.45, 2.75) is 81.0 Å². The Kier molecular flexibility index (Phi) is 5.75. The number of halogens is 4. The molecular formula is C24H25F4N3O3. The van der Waals surface area contributed by atoms with Crippen LogP contribution in [0.4, 0.5) is 17.6 Å². The van der Waals surface area contributed by atoms with Crippen molar-refractivity contribution < 1.29 is 31.9 Å². The van der Waals surface area contributed by atoms with Crippen molar-refractivity contribution in [3.8, 4) is 6.07 Å². The van der Waals surface area contributed by atoms with E-state index >= 15 is 0 Å². The Morgan fingerprint density at radius 2 is 1.76 bits per heavy atom. The Morgan fingerprint density at radius 3 is 2.21 bits per heavy atom. The smallest absolute Gasteiger partial charge is 0.407 e. The van der Waals surface area contributed by atoms with Gasteiger partial charge in [0, 0.05) is 6.42 Å². The molecule has 3 aliphatic rings. The van der Waals surface area contributed by atoms with Crippen molar-refractivity contribution in [1.82, 2.24) is 10.6 Å². The van der Waals surface area contributed by atoms with Crippen molar-refractivity contribution in [1.29, 1.82) is 5.26 Å². The first-order valence-electron chi connectivity index (χ1n) is 11.1. The number of nitriles is 1. The van der Waals surface area contributed by atoms with Gasteiger partial charge in [-0.1, -0.05) is 24.3 Å². The molecule has 2 saturated carbocycles. The number of rotatable bonds is 8. The van der Waals surface area contributed by atoms with Crippen molar-refractivity contribution in [2.75, 3.05) is 0 Å². The third kappa shape index (κ3) is 5.25. The minimum absolute atomic E-state index is 0.194. The van der Waals surface area contributed by atoms with Gasteiger partial charge in [-0.3, -0.25) is 10.1 Å². The van der Waals surface area contributed by atoms with Crippen LogP contribution in [0.2, 0.25) is 0 Å². The SMILES string of the molecule is CC(C)(F)C[C@H](N[C@@H](c1ccc(C2=CC3(CC3)OC2=O)cc1)C(F)(F)F)C(=O)NC1(C#N)CC1. The number of hydrogen-bond donors (Lipinski definition) is 2. The second-order valence-corrected chi connectivity index (χ2v) is 9.93. The molecule has 6 nitrogen and oxygen atoms in total. The van der Waals surface area contributed by atoms with Gasteiger partial charge >= 0.3 is 12.1 Å². The average molecular weight is 479 g/mol. The second kappa shape index (κ2) is 8.08. The molecule has 0 saturated heterocycles. The second-order valence-electron chi connectivity index (χ2n) is 9.93. The van der Waals surface area contributed by atoms with E-state index < -0.39 is 53.4 Å². The molecule has 1 heterocycles. The largest absolute Gasteiger partial charge is 0.451 e. The summed E-state index contributed by atoms with van der Waals surface area (Å²) in [4.78, 5) is 24.9. The Labute approximate surface area is 194 Å². The molecule has 4 rings (SSSR count). The van der Waals surface area contributed by atoms with E-state index in [1.54, 1.807) is 6.08 Å². The molecule has 0 unspecified atom stereocenters. The van der Waals surface area contributed by atoms with Gasteiger partial charge in [0.1, 0.15) is 22.9 Å². The van der Waals surface area contributed by atoms with Crippen LogP contribution in [-0.4, -0.2) is 40.9 Å². The van der Waals surface area contributed by atoms with Crippen LogP contribution in [0, 0.1) is 11.3 Å². The molecule has 0 radical (unpaired) electrons. The van der Waals surface area contributed by atoms with Crippen LogP contribution >= 0.6 is 0 Å². The molecule has 1 aromatic carbocycles. The maximum absolute atomic E-state index is 14.4. The number of carbonyl (C=O) groups is 2. The molecule has 1 aromatic rings. The number of nitrogens with one attached hydrogen (secondary N) is 2. The third-order valence-corrected chi connectivity index (χ3v) is 6.25. The maximum Gasteiger partial charge on any atom is 0.407 e. The molecule has 34 heavy (non-hydrogen) atoms. The van der Waals surface area contributed by atoms with Crippen molar-refractivity contribution in [3.63, 3.8) is 0 Å². The van der Waals surface area contributed by atoms with Crippen LogP contribution in [0.15, 0.2) is 30.3 Å². The topological polar surface area (TPSA) is 91.2 Å². The first-order chi connectivity index (χ1) is 15.7. The third-order valence-electron chi connectivity index (χ3n) is 6.25. The highest BCUT2D eigenvalue weighted by atomic mass is 19.4. The monoisotopic (exact) mass is 479 g/mol. The lowest BCUT2D eigenvalue weighted by atomic mass is 9.96. The van der Waals surface area contributed by atoms with Crippen LogP contribution in [0.3, 0.4) is 0 Å². The predicted octanol–water partition coefficient (Wildman–Crippen LogP) is 4.03. The Hall–Kier alpha value is -2.93. The van der Waals surface area contributed by atoms with E-state index in [2.05, 4.69) is 10.6 Å². The molecule has 10 heteroatoms. The Balaban J connectivity index is 1.57. The zero-order chi connectivity index (χ0) is 24.9. The summed E-state index contributed by atoms with van der Waals surface area (Å²) >= 11 is 0. The molecule has 0 aromatic heterocycles. The van der Waals surface area contributed by atoms with E-state index in [-0.39, 0.29) is 5.56 Å². The number of carbonyl (C=O) groups excluding carboxylic acids is 2. The first-order valence-corrected chi connectivity index (χ1v) is 11.1. The van der Waals surface area contributed by atoms with Crippen LogP contribution in [0.1, 0.15) is 63.1 Å². The quantitative estimate of drug-likeness (QED) is 0.434. The zero-order valence-electron chi connectivity index (χ0n) is 18.8. The molecule has 2 atom stereocenters. The average Bonchev–Trinajstić information content (AvgIpc) is 3.64. The molecule has 1 spiro atoms. The van der Waals surface area contributed by atoms with Crippen molar-refractivity contribution >= 4 is 17.4 Å². The molecule has 2 aliphatic carbocycles. The minimum atomic E-state index is -4.80. The number of benzene rings is 1. The van der Waals surface area contributed by atoms with Crippen LogP contribution < -0.4 is 10.6 Å². The summed E-state index contributed by atoms with van der Waals surface area (Å²) in [5.41, 5.74) is -3.06. The molecule has 2 N–H and O–H groups in total. The van der Waals surface area contributed by atoms with Crippen LogP contribution in [0.5, 0.6) is 0 Å². The highest BCUT2D eigenvalue weighted by Crippen LogP contribution is 2.48. The summed E-state index contributed by atoms with van der Waals surface area (Å²) in [6, 6.07) is 3.38. The normalized spacial score (nSPS) is 21.8. The Morgan fingerprint density at radius 1 is 1.15 bits per heavy atom. The van der Waals surface area contributed by atoms with Gasteiger partial charge in [0.15, 0.2) is 0 Å². The molecule has 1 amide bonds. The van der Waals surface area contributed by atoms with Gasteiger partial charge < -0.3 is 10.1 Å². The summed E-state index contributed by atoms with van der Waals surface area (Å²) in [5, 5.41) is 13.9. The number of hydrogen-bond acceptors (Lipinski definition) is 5. The van der Waals surface area contributed by atoms with Gasteiger partial charge in [0.2, 0.25) is 5.91 Å². The number of ether oxygens (including phenoxy) is 1. The molecule has 2 fully saturated rings. The highest BCUT2D eigenvalue weighted by Gasteiger charge is 2.51. The van der Waals surface area contributed by atoms with Crippen LogP contribution in [-0.2, 0) is 14.3 Å². The van der Waals surface area contributed by atoms with Crippen LogP contribution in [0.25, 0.3) is 5.57 Å². The lowest BCUT2D eigenvalue weighted by molar-refractivity contribution is -0.161. The fraction of sp³-hybridized carbons (Fsp3) is 0.542. The summed E-state index contributed by atoms with van der Waals surface area (Å²) < 4.78 is 61.8. The van der Waals surface area contributed by atoms with Crippen molar-refractivity contribution in [3.05, 3.63) is 41.5 Å². The van der Waals surface area contributed by atoms with Gasteiger partial charge in [-0.05, 0) is 56.7 Å². The number of esters is 1. The molecule has 1 aliphatic heterocycles. The standard InChI is InChI=1S/C24H25F4N3O3/c1-21(2,25)12-17(19(32)31-22(13-29)7-8-22)30-18(24(26,27)28)15-5-3-14(4-6-15)16-11-23(9-10-23)34-20(16)33/h3-6,11,17-18,30H,7-10,12H2,1-2H3,(H,31,32)/t17-,18-/m0/s1. The highest BCUT2D eigenvalue weighted by molar-refractivity contribution is 6.19. The summed E-state index contributed by atoms with van der Waals surface area (Å²) in [6.07, 6.45) is -1.38. The molecule has 0 bridgehead atoms. The number of nitrogens with zero attached hydrogens (tertiary/aromatic N) is 1. The summed E-state index contributed by atoms with van der Waals surface area (Å²) in [6.45, 7) is 2.34. The summed E-state index contributed by atoms with van der Waals surface area (Å²) in [7, 11) is 0. The van der Waals surface area contributed by atoms with Gasteiger partial charge in [0.05, 0.1) is 17.7 Å². The molecular weight excluding hydrogens is 454 g/mol. The van der Waals surface area contributed by atoms with Crippen molar-refractivity contribution in [2.24, 2.45) is 0 Å². The van der Waals surface area contributed by atoms with E-state index in [1.807, 2.05) is 6.07 Å². The van der Waals surface area contributed by atoms with E-state index in [1.165, 1.54) is 38.1 Å². The van der Waals surface area contributed by atoms with Gasteiger partial charge in [-0.15, -0.1) is 0 Å². The number of amides is 1. The van der Waals surface area contributed by atoms with E-state index in [4.69, 9.17) is 4.74 Å².